The Hall–Kier alpha value is -3.78. The van der Waals surface area contributed by atoms with Crippen LogP contribution in [-0.2, 0) is 19.1 Å². The summed E-state index contributed by atoms with van der Waals surface area (Å²) in [7, 11) is 0. The Morgan fingerprint density at radius 2 is 1.84 bits per heavy atom. The second-order valence-electron chi connectivity index (χ2n) is 14.2. The standard InChI is InChI=1S/C35H42BrN5O7S/c1-34(2,3)48-33(46)39-24-11-8-6-4-5-7-10-20-18-35(20,32(44)45)40-29(42)26-17-22(19-41(26)31(24)43)47-30-28(27-12-9-15-49-27)37-25-16-21(36)13-14-23(25)38-30/h9,12-16,20,22,24,26H,4-8,10-11,17-19H2,1-3H3,(H,39,46)(H,40,42)(H,44,45)/t20?,22-,24+,26+,35?/m1/s1. The largest absolute Gasteiger partial charge is 0.479 e. The highest BCUT2D eigenvalue weighted by molar-refractivity contribution is 9.10. The van der Waals surface area contributed by atoms with Gasteiger partial charge in [0.05, 0.1) is 22.5 Å². The summed E-state index contributed by atoms with van der Waals surface area (Å²) in [6.45, 7) is 5.26. The maximum absolute atomic E-state index is 14.3. The number of carboxylic acids is 1. The van der Waals surface area contributed by atoms with E-state index >= 15 is 0 Å². The van der Waals surface area contributed by atoms with Gasteiger partial charge in [-0.15, -0.1) is 11.3 Å². The molecule has 1 saturated carbocycles. The summed E-state index contributed by atoms with van der Waals surface area (Å²) >= 11 is 4.99. The summed E-state index contributed by atoms with van der Waals surface area (Å²) < 4.78 is 12.9. The van der Waals surface area contributed by atoms with Crippen LogP contribution in [-0.4, -0.2) is 79.7 Å². The van der Waals surface area contributed by atoms with Crippen LogP contribution in [0.1, 0.15) is 78.6 Å². The first-order chi connectivity index (χ1) is 23.3. The van der Waals surface area contributed by atoms with E-state index in [1.807, 2.05) is 35.7 Å². The fraction of sp³-hybridized carbons (Fsp3) is 0.543. The first-order valence-corrected chi connectivity index (χ1v) is 18.5. The molecule has 3 aromatic rings. The molecule has 3 amide bonds. The van der Waals surface area contributed by atoms with E-state index in [0.717, 1.165) is 35.0 Å². The molecule has 2 aliphatic heterocycles. The van der Waals surface area contributed by atoms with Crippen molar-refractivity contribution in [3.63, 3.8) is 0 Å². The molecule has 14 heteroatoms. The molecule has 0 bridgehead atoms. The number of carbonyl (C=O) groups excluding carboxylic acids is 3. The number of nitrogens with one attached hydrogen (secondary N) is 2. The van der Waals surface area contributed by atoms with Gasteiger partial charge in [0.1, 0.15) is 35.0 Å². The molecule has 3 aliphatic rings. The molecule has 2 saturated heterocycles. The van der Waals surface area contributed by atoms with Gasteiger partial charge in [-0.05, 0) is 75.6 Å². The van der Waals surface area contributed by atoms with E-state index in [-0.39, 0.29) is 24.8 Å². The van der Waals surface area contributed by atoms with Crippen molar-refractivity contribution in [2.45, 2.75) is 108 Å². The van der Waals surface area contributed by atoms with E-state index < -0.39 is 53.2 Å². The zero-order chi connectivity index (χ0) is 34.9. The van der Waals surface area contributed by atoms with Gasteiger partial charge in [0.2, 0.25) is 17.7 Å². The van der Waals surface area contributed by atoms with Crippen LogP contribution in [0.3, 0.4) is 0 Å². The Morgan fingerprint density at radius 1 is 1.08 bits per heavy atom. The third-order valence-corrected chi connectivity index (χ3v) is 10.7. The van der Waals surface area contributed by atoms with Crippen LogP contribution in [0.15, 0.2) is 40.2 Å². The highest BCUT2D eigenvalue weighted by Crippen LogP contribution is 2.47. The topological polar surface area (TPSA) is 160 Å². The molecule has 6 rings (SSSR count). The van der Waals surface area contributed by atoms with Crippen LogP contribution < -0.4 is 15.4 Å². The number of ether oxygens (including phenoxy) is 2. The van der Waals surface area contributed by atoms with E-state index in [0.29, 0.717) is 42.4 Å². The highest BCUT2D eigenvalue weighted by atomic mass is 79.9. The third-order valence-electron chi connectivity index (χ3n) is 9.34. The lowest BCUT2D eigenvalue weighted by atomic mass is 10.0. The monoisotopic (exact) mass is 755 g/mol. The number of hydrogen-bond acceptors (Lipinski definition) is 9. The fourth-order valence-corrected chi connectivity index (χ4v) is 7.88. The summed E-state index contributed by atoms with van der Waals surface area (Å²) in [5.74, 6) is -1.97. The molecule has 4 heterocycles. The zero-order valence-corrected chi connectivity index (χ0v) is 30.3. The molecule has 1 aromatic carbocycles. The first-order valence-electron chi connectivity index (χ1n) is 16.9. The SMILES string of the molecule is CC(C)(C)OC(=O)N[C@H]1CCCCCCCC2CC2(C(=O)O)NC(=O)[C@@H]2C[C@@H](Oc3nc4ccc(Br)cc4nc3-c3cccs3)CN2C1=O. The third kappa shape index (κ3) is 8.01. The number of fused-ring (bicyclic) bond motifs is 3. The average Bonchev–Trinajstić information content (AvgIpc) is 3.33. The number of benzene rings is 1. The Balaban J connectivity index is 1.32. The average molecular weight is 757 g/mol. The molecule has 2 unspecified atom stereocenters. The molecule has 1 aliphatic carbocycles. The Labute approximate surface area is 297 Å². The van der Waals surface area contributed by atoms with Gasteiger partial charge in [-0.3, -0.25) is 9.59 Å². The van der Waals surface area contributed by atoms with Gasteiger partial charge >= 0.3 is 12.1 Å². The summed E-state index contributed by atoms with van der Waals surface area (Å²) in [6, 6.07) is 7.42. The minimum Gasteiger partial charge on any atom is -0.479 e. The number of thiophene rings is 1. The van der Waals surface area contributed by atoms with Crippen LogP contribution >= 0.6 is 27.3 Å². The van der Waals surface area contributed by atoms with Gasteiger partial charge in [0.15, 0.2) is 0 Å². The first kappa shape index (κ1) is 35.1. The van der Waals surface area contributed by atoms with Crippen molar-refractivity contribution in [2.24, 2.45) is 5.92 Å². The smallest absolute Gasteiger partial charge is 0.408 e. The number of hydrogen-bond donors (Lipinski definition) is 3. The summed E-state index contributed by atoms with van der Waals surface area (Å²) in [5.41, 5.74) is -0.303. The lowest BCUT2D eigenvalue weighted by Crippen LogP contribution is -2.56. The van der Waals surface area contributed by atoms with Crippen LogP contribution in [0.2, 0.25) is 0 Å². The van der Waals surface area contributed by atoms with Crippen molar-refractivity contribution in [1.29, 1.82) is 0 Å². The lowest BCUT2D eigenvalue weighted by molar-refractivity contribution is -0.146. The predicted octanol–water partition coefficient (Wildman–Crippen LogP) is 6.07. The van der Waals surface area contributed by atoms with E-state index in [4.69, 9.17) is 19.4 Å². The number of nitrogens with zero attached hydrogens (tertiary/aromatic N) is 3. The van der Waals surface area contributed by atoms with Gasteiger partial charge in [0, 0.05) is 10.9 Å². The maximum atomic E-state index is 14.3. The molecule has 3 N–H and O–H groups in total. The van der Waals surface area contributed by atoms with Gasteiger partial charge in [-0.25, -0.2) is 19.6 Å². The minimum absolute atomic E-state index is 0.0247. The fourth-order valence-electron chi connectivity index (χ4n) is 6.83. The van der Waals surface area contributed by atoms with Gasteiger partial charge < -0.3 is 30.1 Å². The Morgan fingerprint density at radius 3 is 2.55 bits per heavy atom. The predicted molar refractivity (Wildman–Crippen MR) is 187 cm³/mol. The van der Waals surface area contributed by atoms with Crippen LogP contribution in [0, 0.1) is 5.92 Å². The normalized spacial score (nSPS) is 26.5. The zero-order valence-electron chi connectivity index (χ0n) is 27.9. The van der Waals surface area contributed by atoms with Crippen molar-refractivity contribution >= 4 is 62.2 Å². The molecule has 12 nitrogen and oxygen atoms in total. The van der Waals surface area contributed by atoms with Crippen molar-refractivity contribution in [3.8, 4) is 16.5 Å². The van der Waals surface area contributed by atoms with Crippen molar-refractivity contribution < 1.29 is 33.8 Å². The van der Waals surface area contributed by atoms with E-state index in [2.05, 4.69) is 26.6 Å². The molecule has 49 heavy (non-hydrogen) atoms. The number of carbonyl (C=O) groups is 4. The molecular weight excluding hydrogens is 714 g/mol. The second kappa shape index (κ2) is 14.2. The highest BCUT2D eigenvalue weighted by Gasteiger charge is 2.62. The molecule has 3 fully saturated rings. The van der Waals surface area contributed by atoms with Crippen LogP contribution in [0.4, 0.5) is 4.79 Å². The van der Waals surface area contributed by atoms with Gasteiger partial charge in [-0.2, -0.15) is 0 Å². The van der Waals surface area contributed by atoms with Crippen molar-refractivity contribution in [2.75, 3.05) is 6.54 Å². The van der Waals surface area contributed by atoms with Crippen LogP contribution in [0.5, 0.6) is 5.88 Å². The van der Waals surface area contributed by atoms with E-state index in [1.165, 1.54) is 16.2 Å². The quantitative estimate of drug-likeness (QED) is 0.281. The number of aromatic nitrogens is 2. The molecule has 2 aromatic heterocycles. The second-order valence-corrected chi connectivity index (χ2v) is 16.0. The number of aliphatic carboxylic acids is 1. The number of carboxylic acid groups (broad SMARTS) is 1. The summed E-state index contributed by atoms with van der Waals surface area (Å²) in [4.78, 5) is 65.7. The Kier molecular flexibility index (Phi) is 10.2. The number of halogens is 1. The summed E-state index contributed by atoms with van der Waals surface area (Å²) in [6.07, 6.45) is 4.37. The molecule has 0 spiro atoms. The lowest BCUT2D eigenvalue weighted by Gasteiger charge is -2.30. The van der Waals surface area contributed by atoms with Gasteiger partial charge in [0.25, 0.3) is 0 Å². The minimum atomic E-state index is -1.36. The Bertz CT molecular complexity index is 1730. The van der Waals surface area contributed by atoms with Crippen molar-refractivity contribution in [3.05, 3.63) is 40.2 Å². The molecule has 262 valence electrons. The number of rotatable bonds is 5. The van der Waals surface area contributed by atoms with E-state index in [1.54, 1.807) is 20.8 Å². The van der Waals surface area contributed by atoms with E-state index in [9.17, 15) is 24.3 Å². The number of amides is 3. The maximum Gasteiger partial charge on any atom is 0.408 e. The number of alkyl carbamates (subject to hydrolysis) is 1. The van der Waals surface area contributed by atoms with Crippen LogP contribution in [0.25, 0.3) is 21.6 Å². The summed E-state index contributed by atoms with van der Waals surface area (Å²) in [5, 5.41) is 17.7. The molecule has 0 radical (unpaired) electrons. The van der Waals surface area contributed by atoms with Crippen molar-refractivity contribution in [1.82, 2.24) is 25.5 Å². The van der Waals surface area contributed by atoms with Gasteiger partial charge in [-0.1, -0.05) is 54.1 Å². The molecule has 5 atom stereocenters. The molecular formula is C35H42BrN5O7S.